The van der Waals surface area contributed by atoms with Gasteiger partial charge in [0.2, 0.25) is 0 Å². The fourth-order valence-corrected chi connectivity index (χ4v) is 1.77. The van der Waals surface area contributed by atoms with Gasteiger partial charge in [-0.1, -0.05) is 0 Å². The van der Waals surface area contributed by atoms with E-state index in [4.69, 9.17) is 4.74 Å². The van der Waals surface area contributed by atoms with E-state index in [1.807, 2.05) is 0 Å². The molecule has 0 bridgehead atoms. The molecule has 0 amide bonds. The van der Waals surface area contributed by atoms with Crippen molar-refractivity contribution in [2.75, 3.05) is 6.61 Å². The molecule has 0 saturated carbocycles. The van der Waals surface area contributed by atoms with E-state index in [9.17, 15) is 4.79 Å². The van der Waals surface area contributed by atoms with E-state index in [0.29, 0.717) is 16.6 Å². The van der Waals surface area contributed by atoms with Crippen molar-refractivity contribution in [1.29, 1.82) is 0 Å². The Morgan fingerprint density at radius 2 is 2.47 bits per heavy atom. The summed E-state index contributed by atoms with van der Waals surface area (Å²) in [6, 6.07) is 1.78. The summed E-state index contributed by atoms with van der Waals surface area (Å²) in [6.45, 7) is 2.15. The van der Waals surface area contributed by atoms with Gasteiger partial charge in [-0.3, -0.25) is 0 Å². The van der Waals surface area contributed by atoms with Gasteiger partial charge >= 0.3 is 5.97 Å². The first kappa shape index (κ1) is 10.2. The van der Waals surface area contributed by atoms with Crippen molar-refractivity contribution in [2.45, 2.75) is 6.92 Å². The number of pyridine rings is 1. The van der Waals surface area contributed by atoms with Gasteiger partial charge in [0.1, 0.15) is 5.65 Å². The second-order valence-corrected chi connectivity index (χ2v) is 3.80. The molecule has 0 atom stereocenters. The molecule has 2 aromatic heterocycles. The van der Waals surface area contributed by atoms with E-state index in [1.54, 1.807) is 36.0 Å². The van der Waals surface area contributed by atoms with E-state index < -0.39 is 0 Å². The number of carbonyl (C=O) groups is 1. The van der Waals surface area contributed by atoms with Gasteiger partial charge in [-0.05, 0) is 28.9 Å². The molecule has 2 heterocycles. The van der Waals surface area contributed by atoms with Crippen LogP contribution in [0.1, 0.15) is 17.3 Å². The molecule has 5 heteroatoms. The number of ether oxygens (including phenoxy) is 1. The molecule has 0 unspecified atom stereocenters. The average molecular weight is 269 g/mol. The highest BCUT2D eigenvalue weighted by atomic mass is 79.9. The van der Waals surface area contributed by atoms with Crippen molar-refractivity contribution in [2.24, 2.45) is 0 Å². The third kappa shape index (κ3) is 1.87. The number of aromatic nitrogens is 2. The molecule has 2 rings (SSSR count). The molecule has 78 valence electrons. The summed E-state index contributed by atoms with van der Waals surface area (Å²) >= 11 is 3.32. The molecular weight excluding hydrogens is 260 g/mol. The van der Waals surface area contributed by atoms with Gasteiger partial charge in [0.25, 0.3) is 0 Å². The summed E-state index contributed by atoms with van der Waals surface area (Å²) in [7, 11) is 0. The fourth-order valence-electron chi connectivity index (χ4n) is 1.30. The fraction of sp³-hybridized carbons (Fsp3) is 0.200. The molecule has 0 saturated heterocycles. The van der Waals surface area contributed by atoms with Crippen LogP contribution in [0.3, 0.4) is 0 Å². The Bertz CT molecular complexity index is 507. The van der Waals surface area contributed by atoms with Crippen molar-refractivity contribution in [3.05, 3.63) is 34.7 Å². The molecule has 0 aromatic carbocycles. The molecule has 2 aromatic rings. The molecule has 0 fully saturated rings. The minimum Gasteiger partial charge on any atom is -0.462 e. The Morgan fingerprint density at radius 1 is 1.67 bits per heavy atom. The molecule has 0 radical (unpaired) electrons. The molecule has 4 nitrogen and oxygen atoms in total. The van der Waals surface area contributed by atoms with Crippen LogP contribution in [-0.2, 0) is 4.74 Å². The lowest BCUT2D eigenvalue weighted by Gasteiger charge is -2.04. The van der Waals surface area contributed by atoms with Crippen LogP contribution in [0.2, 0.25) is 0 Å². The van der Waals surface area contributed by atoms with Crippen LogP contribution in [0.5, 0.6) is 0 Å². The number of rotatable bonds is 2. The highest BCUT2D eigenvalue weighted by Crippen LogP contribution is 2.19. The summed E-state index contributed by atoms with van der Waals surface area (Å²) in [4.78, 5) is 15.7. The SMILES string of the molecule is CCOC(=O)c1cn2ccnc2cc1Br. The number of hydrogen-bond acceptors (Lipinski definition) is 3. The molecule has 0 aliphatic rings. The van der Waals surface area contributed by atoms with Gasteiger partial charge in [0.15, 0.2) is 0 Å². The molecule has 0 N–H and O–H groups in total. The summed E-state index contributed by atoms with van der Waals surface area (Å²) in [6.07, 6.45) is 5.16. The van der Waals surface area contributed by atoms with E-state index in [2.05, 4.69) is 20.9 Å². The van der Waals surface area contributed by atoms with Crippen LogP contribution < -0.4 is 0 Å². The normalized spacial score (nSPS) is 10.5. The quantitative estimate of drug-likeness (QED) is 0.785. The first-order valence-electron chi connectivity index (χ1n) is 4.51. The Hall–Kier alpha value is -1.36. The van der Waals surface area contributed by atoms with Gasteiger partial charge < -0.3 is 9.14 Å². The van der Waals surface area contributed by atoms with Crippen LogP contribution in [-0.4, -0.2) is 22.0 Å². The van der Waals surface area contributed by atoms with E-state index in [1.165, 1.54) is 0 Å². The highest BCUT2D eigenvalue weighted by molar-refractivity contribution is 9.10. The first-order chi connectivity index (χ1) is 7.22. The third-order valence-electron chi connectivity index (χ3n) is 1.98. The van der Waals surface area contributed by atoms with Crippen molar-refractivity contribution in [3.8, 4) is 0 Å². The number of carbonyl (C=O) groups excluding carboxylic acids is 1. The lowest BCUT2D eigenvalue weighted by atomic mass is 10.3. The monoisotopic (exact) mass is 268 g/mol. The zero-order chi connectivity index (χ0) is 10.8. The summed E-state index contributed by atoms with van der Waals surface area (Å²) in [5, 5.41) is 0. The van der Waals surface area contributed by atoms with Gasteiger partial charge in [-0.15, -0.1) is 0 Å². The topological polar surface area (TPSA) is 43.6 Å². The maximum Gasteiger partial charge on any atom is 0.340 e. The largest absolute Gasteiger partial charge is 0.462 e. The van der Waals surface area contributed by atoms with Crippen molar-refractivity contribution in [3.63, 3.8) is 0 Å². The maximum absolute atomic E-state index is 11.5. The number of nitrogens with zero attached hydrogens (tertiary/aromatic N) is 2. The van der Waals surface area contributed by atoms with Crippen LogP contribution in [0.4, 0.5) is 0 Å². The van der Waals surface area contributed by atoms with E-state index >= 15 is 0 Å². The minimum atomic E-state index is -0.333. The number of fused-ring (bicyclic) bond motifs is 1. The lowest BCUT2D eigenvalue weighted by molar-refractivity contribution is 0.0524. The molecule has 0 aliphatic carbocycles. The number of halogens is 1. The Kier molecular flexibility index (Phi) is 2.73. The second-order valence-electron chi connectivity index (χ2n) is 2.95. The smallest absolute Gasteiger partial charge is 0.340 e. The standard InChI is InChI=1S/C10H9BrN2O2/c1-2-15-10(14)7-6-13-4-3-12-9(13)5-8(7)11/h3-6H,2H2,1H3. The summed E-state index contributed by atoms with van der Waals surface area (Å²) < 4.78 is 7.40. The van der Waals surface area contributed by atoms with Gasteiger partial charge in [0.05, 0.1) is 12.2 Å². The Morgan fingerprint density at radius 3 is 3.20 bits per heavy atom. The molecular formula is C10H9BrN2O2. The number of hydrogen-bond donors (Lipinski definition) is 0. The predicted octanol–water partition coefficient (Wildman–Crippen LogP) is 2.27. The maximum atomic E-state index is 11.5. The first-order valence-corrected chi connectivity index (χ1v) is 5.31. The molecule has 0 spiro atoms. The molecule has 15 heavy (non-hydrogen) atoms. The van der Waals surface area contributed by atoms with E-state index in [0.717, 1.165) is 5.65 Å². The van der Waals surface area contributed by atoms with Gasteiger partial charge in [-0.25, -0.2) is 9.78 Å². The van der Waals surface area contributed by atoms with Gasteiger partial charge in [-0.2, -0.15) is 0 Å². The Balaban J connectivity index is 2.50. The lowest BCUT2D eigenvalue weighted by Crippen LogP contribution is -2.06. The average Bonchev–Trinajstić information content (AvgIpc) is 2.63. The summed E-state index contributed by atoms with van der Waals surface area (Å²) in [5.74, 6) is -0.333. The molecule has 0 aliphatic heterocycles. The van der Waals surface area contributed by atoms with Crippen LogP contribution in [0.25, 0.3) is 5.65 Å². The van der Waals surface area contributed by atoms with Crippen molar-refractivity contribution < 1.29 is 9.53 Å². The predicted molar refractivity (Wildman–Crippen MR) is 58.8 cm³/mol. The van der Waals surface area contributed by atoms with Gasteiger partial charge in [0, 0.05) is 23.1 Å². The van der Waals surface area contributed by atoms with Crippen molar-refractivity contribution >= 4 is 27.5 Å². The number of imidazole rings is 1. The third-order valence-corrected chi connectivity index (χ3v) is 2.63. The minimum absolute atomic E-state index is 0.333. The number of esters is 1. The van der Waals surface area contributed by atoms with Crippen LogP contribution in [0.15, 0.2) is 29.1 Å². The van der Waals surface area contributed by atoms with Crippen molar-refractivity contribution in [1.82, 2.24) is 9.38 Å². The zero-order valence-electron chi connectivity index (χ0n) is 8.11. The summed E-state index contributed by atoms with van der Waals surface area (Å²) in [5.41, 5.74) is 1.29. The van der Waals surface area contributed by atoms with Crippen LogP contribution in [0, 0.1) is 0 Å². The van der Waals surface area contributed by atoms with Crippen LogP contribution >= 0.6 is 15.9 Å². The highest BCUT2D eigenvalue weighted by Gasteiger charge is 2.12. The Labute approximate surface area is 95.0 Å². The second kappa shape index (κ2) is 4.02. The zero-order valence-corrected chi connectivity index (χ0v) is 9.69. The van der Waals surface area contributed by atoms with E-state index in [-0.39, 0.29) is 5.97 Å².